The van der Waals surface area contributed by atoms with Gasteiger partial charge in [-0.15, -0.1) is 0 Å². The summed E-state index contributed by atoms with van der Waals surface area (Å²) in [4.78, 5) is 24.0. The zero-order valence-electron chi connectivity index (χ0n) is 14.3. The molecule has 1 aliphatic rings. The van der Waals surface area contributed by atoms with E-state index in [1.165, 1.54) is 36.9 Å². The zero-order valence-corrected chi connectivity index (χ0v) is 15.1. The number of hydrogen-bond donors (Lipinski definition) is 4. The van der Waals surface area contributed by atoms with Gasteiger partial charge in [-0.1, -0.05) is 12.8 Å². The summed E-state index contributed by atoms with van der Waals surface area (Å²) in [5, 5.41) is 21.4. The van der Waals surface area contributed by atoms with E-state index in [0.29, 0.717) is 18.6 Å². The lowest BCUT2D eigenvalue weighted by Gasteiger charge is -2.27. The van der Waals surface area contributed by atoms with Crippen molar-refractivity contribution < 1.29 is 33.1 Å². The first-order chi connectivity index (χ1) is 12.2. The van der Waals surface area contributed by atoms with Gasteiger partial charge in [-0.25, -0.2) is 13.9 Å². The number of carbonyl (C=O) groups is 2. The molecule has 144 valence electrons. The Hall–Kier alpha value is -2.17. The summed E-state index contributed by atoms with van der Waals surface area (Å²) in [7, 11) is -2.74. The van der Waals surface area contributed by atoms with E-state index in [4.69, 9.17) is 9.94 Å². The Balaban J connectivity index is 2.24. The Kier molecular flexibility index (Phi) is 6.21. The smallest absolute Gasteiger partial charge is 0.297 e. The highest BCUT2D eigenvalue weighted by Crippen LogP contribution is 2.26. The summed E-state index contributed by atoms with van der Waals surface area (Å²) >= 11 is 0. The number of amides is 2. The number of rotatable bonds is 7. The molecule has 1 unspecified atom stereocenters. The number of aliphatic hydroxyl groups is 1. The Morgan fingerprint density at radius 3 is 2.31 bits per heavy atom. The molecule has 2 rings (SSSR count). The zero-order chi connectivity index (χ0) is 19.4. The molecular weight excluding hydrogens is 364 g/mol. The molecule has 2 amide bonds. The fourth-order valence-corrected chi connectivity index (χ4v) is 4.36. The number of carbonyl (C=O) groups excluding carboxylic acids is 2. The van der Waals surface area contributed by atoms with Gasteiger partial charge in [0.1, 0.15) is 11.5 Å². The number of hydrogen-bond acceptors (Lipinski definition) is 7. The third-order valence-electron chi connectivity index (χ3n) is 4.35. The number of hydroxylamine groups is 1. The van der Waals surface area contributed by atoms with E-state index in [0.717, 1.165) is 12.8 Å². The molecule has 0 spiro atoms. The second-order valence-corrected chi connectivity index (χ2v) is 8.20. The molecule has 0 bridgehead atoms. The van der Waals surface area contributed by atoms with Crippen LogP contribution in [0.4, 0.5) is 0 Å². The second-order valence-electron chi connectivity index (χ2n) is 6.21. The van der Waals surface area contributed by atoms with Crippen LogP contribution in [0, 0.1) is 5.92 Å². The molecule has 1 saturated carbocycles. The summed E-state index contributed by atoms with van der Waals surface area (Å²) in [5.74, 6) is -3.16. The second kappa shape index (κ2) is 8.02. The number of benzene rings is 1. The lowest BCUT2D eigenvalue weighted by Crippen LogP contribution is -2.62. The number of methoxy groups -OCH3 is 1. The van der Waals surface area contributed by atoms with E-state index < -0.39 is 39.0 Å². The van der Waals surface area contributed by atoms with Crippen LogP contribution in [0.2, 0.25) is 0 Å². The van der Waals surface area contributed by atoms with E-state index in [-0.39, 0.29) is 4.90 Å². The summed E-state index contributed by atoms with van der Waals surface area (Å²) < 4.78 is 30.1. The van der Waals surface area contributed by atoms with Gasteiger partial charge in [0, 0.05) is 5.92 Å². The van der Waals surface area contributed by atoms with Crippen LogP contribution in [0.25, 0.3) is 0 Å². The molecular formula is C16H22N2O7S. The quantitative estimate of drug-likeness (QED) is 0.293. The van der Waals surface area contributed by atoms with Crippen molar-refractivity contribution in [2.75, 3.05) is 12.9 Å². The van der Waals surface area contributed by atoms with Gasteiger partial charge < -0.3 is 15.2 Å². The van der Waals surface area contributed by atoms with Crippen molar-refractivity contribution in [1.82, 2.24) is 10.8 Å². The molecule has 1 fully saturated rings. The first kappa shape index (κ1) is 20.1. The molecule has 26 heavy (non-hydrogen) atoms. The van der Waals surface area contributed by atoms with Crippen molar-refractivity contribution in [2.24, 2.45) is 5.92 Å². The SMILES string of the molecule is COc1ccc(S(=O)(=O)CC(O)(NC(=O)C2CCCC2)C(=O)NO)cc1. The highest BCUT2D eigenvalue weighted by molar-refractivity contribution is 7.91. The molecule has 4 N–H and O–H groups in total. The van der Waals surface area contributed by atoms with Crippen molar-refractivity contribution in [3.63, 3.8) is 0 Å². The van der Waals surface area contributed by atoms with Gasteiger partial charge in [0.25, 0.3) is 5.91 Å². The van der Waals surface area contributed by atoms with Crippen molar-refractivity contribution in [3.05, 3.63) is 24.3 Å². The van der Waals surface area contributed by atoms with Crippen LogP contribution in [0.1, 0.15) is 25.7 Å². The standard InChI is InChI=1S/C16H22N2O7S/c1-25-12-6-8-13(9-7-12)26(23,24)10-16(21,15(20)18-22)17-14(19)11-4-2-3-5-11/h6-9,11,21-22H,2-5,10H2,1H3,(H,17,19)(H,18,20). The van der Waals surface area contributed by atoms with Gasteiger partial charge in [-0.2, -0.15) is 0 Å². The minimum Gasteiger partial charge on any atom is -0.497 e. The summed E-state index contributed by atoms with van der Waals surface area (Å²) in [6, 6.07) is 5.33. The van der Waals surface area contributed by atoms with Crippen molar-refractivity contribution in [3.8, 4) is 5.75 Å². The molecule has 0 aromatic heterocycles. The van der Waals surface area contributed by atoms with E-state index >= 15 is 0 Å². The maximum atomic E-state index is 12.6. The Labute approximate surface area is 151 Å². The van der Waals surface area contributed by atoms with Crippen molar-refractivity contribution in [2.45, 2.75) is 36.3 Å². The summed E-state index contributed by atoms with van der Waals surface area (Å²) in [6.07, 6.45) is 2.86. The largest absolute Gasteiger partial charge is 0.497 e. The normalized spacial score (nSPS) is 17.3. The molecule has 0 heterocycles. The molecule has 1 aliphatic carbocycles. The number of sulfone groups is 1. The molecule has 10 heteroatoms. The Morgan fingerprint density at radius 1 is 1.23 bits per heavy atom. The van der Waals surface area contributed by atoms with Crippen LogP contribution in [-0.2, 0) is 19.4 Å². The predicted octanol–water partition coefficient (Wildman–Crippen LogP) is -0.0307. The van der Waals surface area contributed by atoms with Crippen LogP contribution >= 0.6 is 0 Å². The van der Waals surface area contributed by atoms with Gasteiger partial charge in [0.15, 0.2) is 9.84 Å². The minimum absolute atomic E-state index is 0.169. The minimum atomic E-state index is -4.16. The van der Waals surface area contributed by atoms with Crippen LogP contribution < -0.4 is 15.5 Å². The van der Waals surface area contributed by atoms with Gasteiger partial charge in [-0.3, -0.25) is 14.8 Å². The van der Waals surface area contributed by atoms with Crippen LogP contribution in [0.3, 0.4) is 0 Å². The third kappa shape index (κ3) is 4.51. The molecule has 0 aliphatic heterocycles. The van der Waals surface area contributed by atoms with E-state index in [1.807, 2.05) is 0 Å². The van der Waals surface area contributed by atoms with E-state index in [9.17, 15) is 23.1 Å². The van der Waals surface area contributed by atoms with Crippen LogP contribution in [0.5, 0.6) is 5.75 Å². The third-order valence-corrected chi connectivity index (χ3v) is 6.14. The maximum absolute atomic E-state index is 12.6. The average molecular weight is 386 g/mol. The van der Waals surface area contributed by atoms with Gasteiger partial charge in [-0.05, 0) is 37.1 Å². The molecule has 9 nitrogen and oxygen atoms in total. The lowest BCUT2D eigenvalue weighted by atomic mass is 10.1. The molecule has 1 aromatic carbocycles. The van der Waals surface area contributed by atoms with Crippen LogP contribution in [-0.4, -0.2) is 49.1 Å². The number of nitrogens with one attached hydrogen (secondary N) is 2. The lowest BCUT2D eigenvalue weighted by molar-refractivity contribution is -0.155. The first-order valence-electron chi connectivity index (χ1n) is 8.07. The van der Waals surface area contributed by atoms with Gasteiger partial charge >= 0.3 is 0 Å². The van der Waals surface area contributed by atoms with Crippen molar-refractivity contribution in [1.29, 1.82) is 0 Å². The van der Waals surface area contributed by atoms with Crippen LogP contribution in [0.15, 0.2) is 29.2 Å². The summed E-state index contributed by atoms with van der Waals surface area (Å²) in [5.41, 5.74) is -1.59. The molecule has 0 radical (unpaired) electrons. The van der Waals surface area contributed by atoms with Gasteiger partial charge in [0.05, 0.1) is 12.0 Å². The first-order valence-corrected chi connectivity index (χ1v) is 9.73. The predicted molar refractivity (Wildman–Crippen MR) is 90.0 cm³/mol. The Bertz CT molecular complexity index is 757. The average Bonchev–Trinajstić information content (AvgIpc) is 3.15. The topological polar surface area (TPSA) is 142 Å². The summed E-state index contributed by atoms with van der Waals surface area (Å²) in [6.45, 7) is 0. The molecule has 1 atom stereocenters. The fraction of sp³-hybridized carbons (Fsp3) is 0.500. The van der Waals surface area contributed by atoms with E-state index in [1.54, 1.807) is 0 Å². The molecule has 1 aromatic rings. The highest BCUT2D eigenvalue weighted by atomic mass is 32.2. The van der Waals surface area contributed by atoms with Crippen molar-refractivity contribution >= 4 is 21.7 Å². The fourth-order valence-electron chi connectivity index (χ4n) is 2.89. The highest BCUT2D eigenvalue weighted by Gasteiger charge is 2.44. The number of ether oxygens (including phenoxy) is 1. The van der Waals surface area contributed by atoms with E-state index in [2.05, 4.69) is 5.32 Å². The molecule has 0 saturated heterocycles. The maximum Gasteiger partial charge on any atom is 0.297 e. The monoisotopic (exact) mass is 386 g/mol. The Morgan fingerprint density at radius 2 is 1.81 bits per heavy atom. The van der Waals surface area contributed by atoms with Gasteiger partial charge in [0.2, 0.25) is 11.6 Å².